The first-order chi connectivity index (χ1) is 10.5. The third kappa shape index (κ3) is 8.15. The molecule has 1 N–H and O–H groups in total. The fourth-order valence-electron chi connectivity index (χ4n) is 1.67. The molecule has 0 aromatic rings. The van der Waals surface area contributed by atoms with Gasteiger partial charge >= 0.3 is 12.2 Å². The molecule has 0 saturated carbocycles. The van der Waals surface area contributed by atoms with Gasteiger partial charge in [-0.05, 0) is 41.5 Å². The van der Waals surface area contributed by atoms with Crippen molar-refractivity contribution in [2.75, 3.05) is 26.3 Å². The molecule has 1 heterocycles. The average molecular weight is 332 g/mol. The fraction of sp³-hybridized carbons (Fsp3) is 0.867. The number of ether oxygens (including phenoxy) is 3. The number of amides is 2. The van der Waals surface area contributed by atoms with Crippen molar-refractivity contribution in [3.8, 4) is 0 Å². The van der Waals surface area contributed by atoms with E-state index in [4.69, 9.17) is 19.0 Å². The van der Waals surface area contributed by atoms with Crippen LogP contribution < -0.4 is 5.32 Å². The average Bonchev–Trinajstić information content (AvgIpc) is 2.35. The highest BCUT2D eigenvalue weighted by Gasteiger charge is 2.33. The van der Waals surface area contributed by atoms with Gasteiger partial charge in [0.2, 0.25) is 0 Å². The molecule has 134 valence electrons. The molecule has 1 aliphatic heterocycles. The third-order valence-corrected chi connectivity index (χ3v) is 2.51. The summed E-state index contributed by atoms with van der Waals surface area (Å²) in [4.78, 5) is 29.7. The van der Waals surface area contributed by atoms with Gasteiger partial charge in [0, 0.05) is 13.1 Å². The second-order valence-electron chi connectivity index (χ2n) is 7.25. The highest BCUT2D eigenvalue weighted by atomic mass is 16.8. The number of imide groups is 1. The first-order valence-corrected chi connectivity index (χ1v) is 7.69. The van der Waals surface area contributed by atoms with E-state index in [0.717, 1.165) is 6.54 Å². The van der Waals surface area contributed by atoms with Crippen LogP contribution in [0, 0.1) is 0 Å². The molecule has 1 unspecified atom stereocenters. The topological polar surface area (TPSA) is 86.3 Å². The maximum Gasteiger partial charge on any atom is 0.444 e. The zero-order valence-electron chi connectivity index (χ0n) is 14.8. The van der Waals surface area contributed by atoms with Gasteiger partial charge in [-0.25, -0.2) is 9.59 Å². The van der Waals surface area contributed by atoms with E-state index >= 15 is 0 Å². The molecule has 1 saturated heterocycles. The summed E-state index contributed by atoms with van der Waals surface area (Å²) >= 11 is 0. The standard InChI is InChI=1S/C15H28N2O6/c1-14(2,3)22-12(18)17(13(19)23-15(4,5)6)21-10-11-9-16-7-8-20-11/h11,16H,7-10H2,1-6H3. The van der Waals surface area contributed by atoms with Crippen molar-refractivity contribution >= 4 is 12.2 Å². The van der Waals surface area contributed by atoms with Crippen LogP contribution >= 0.6 is 0 Å². The molecular formula is C15H28N2O6. The van der Waals surface area contributed by atoms with Crippen molar-refractivity contribution in [2.45, 2.75) is 58.8 Å². The van der Waals surface area contributed by atoms with Gasteiger partial charge in [0.15, 0.2) is 0 Å². The minimum Gasteiger partial charge on any atom is -0.442 e. The third-order valence-electron chi connectivity index (χ3n) is 2.51. The number of morpholine rings is 1. The van der Waals surface area contributed by atoms with Crippen molar-refractivity contribution in [3.63, 3.8) is 0 Å². The monoisotopic (exact) mass is 332 g/mol. The highest BCUT2D eigenvalue weighted by Crippen LogP contribution is 2.15. The molecule has 0 aliphatic carbocycles. The Bertz CT molecular complexity index is 379. The Morgan fingerprint density at radius 2 is 1.61 bits per heavy atom. The van der Waals surface area contributed by atoms with E-state index in [1.807, 2.05) is 0 Å². The van der Waals surface area contributed by atoms with Crippen LogP contribution in [-0.4, -0.2) is 60.9 Å². The Hall–Kier alpha value is -1.38. The van der Waals surface area contributed by atoms with Crippen molar-refractivity contribution < 1.29 is 28.6 Å². The fourth-order valence-corrected chi connectivity index (χ4v) is 1.67. The van der Waals surface area contributed by atoms with Crippen LogP contribution in [0.5, 0.6) is 0 Å². The van der Waals surface area contributed by atoms with Gasteiger partial charge in [-0.1, -0.05) is 5.06 Å². The smallest absolute Gasteiger partial charge is 0.442 e. The minimum atomic E-state index is -0.921. The highest BCUT2D eigenvalue weighted by molar-refractivity contribution is 5.86. The van der Waals surface area contributed by atoms with Crippen molar-refractivity contribution in [2.24, 2.45) is 0 Å². The largest absolute Gasteiger partial charge is 0.444 e. The number of hydrogen-bond acceptors (Lipinski definition) is 7. The van der Waals surface area contributed by atoms with Crippen LogP contribution in [0.2, 0.25) is 0 Å². The number of nitrogens with zero attached hydrogens (tertiary/aromatic N) is 1. The maximum atomic E-state index is 12.2. The predicted molar refractivity (Wildman–Crippen MR) is 82.9 cm³/mol. The lowest BCUT2D eigenvalue weighted by Crippen LogP contribution is -2.47. The van der Waals surface area contributed by atoms with E-state index in [2.05, 4.69) is 5.32 Å². The Balaban J connectivity index is 2.70. The number of hydroxylamine groups is 2. The van der Waals surface area contributed by atoms with Gasteiger partial charge in [0.1, 0.15) is 17.8 Å². The second kappa shape index (κ2) is 7.94. The molecule has 2 amide bonds. The normalized spacial score (nSPS) is 19.1. The van der Waals surface area contributed by atoms with E-state index in [1.165, 1.54) is 0 Å². The van der Waals surface area contributed by atoms with Crippen molar-refractivity contribution in [3.05, 3.63) is 0 Å². The van der Waals surface area contributed by atoms with E-state index in [-0.39, 0.29) is 12.7 Å². The number of hydrogen-bond donors (Lipinski definition) is 1. The summed E-state index contributed by atoms with van der Waals surface area (Å²) in [6.07, 6.45) is -2.10. The summed E-state index contributed by atoms with van der Waals surface area (Å²) in [6.45, 7) is 12.1. The molecule has 1 rings (SSSR count). The van der Waals surface area contributed by atoms with Gasteiger partial charge in [-0.2, -0.15) is 0 Å². The van der Waals surface area contributed by atoms with Crippen molar-refractivity contribution in [1.29, 1.82) is 0 Å². The van der Waals surface area contributed by atoms with E-state index in [1.54, 1.807) is 41.5 Å². The lowest BCUT2D eigenvalue weighted by molar-refractivity contribution is -0.163. The molecule has 8 heteroatoms. The molecule has 0 radical (unpaired) electrons. The minimum absolute atomic E-state index is 0.0332. The molecule has 1 fully saturated rings. The van der Waals surface area contributed by atoms with Crippen LogP contribution in [0.1, 0.15) is 41.5 Å². The van der Waals surface area contributed by atoms with E-state index < -0.39 is 23.4 Å². The molecular weight excluding hydrogens is 304 g/mol. The van der Waals surface area contributed by atoms with Crippen LogP contribution in [-0.2, 0) is 19.0 Å². The zero-order chi connectivity index (χ0) is 17.7. The summed E-state index contributed by atoms with van der Waals surface area (Å²) in [5, 5.41) is 3.65. The second-order valence-corrected chi connectivity index (χ2v) is 7.25. The van der Waals surface area contributed by atoms with E-state index in [0.29, 0.717) is 18.2 Å². The first kappa shape index (κ1) is 19.7. The lowest BCUT2D eigenvalue weighted by Gasteiger charge is -2.29. The Morgan fingerprint density at radius 1 is 1.09 bits per heavy atom. The molecule has 1 atom stereocenters. The lowest BCUT2D eigenvalue weighted by atomic mass is 10.2. The molecule has 23 heavy (non-hydrogen) atoms. The number of carbonyl (C=O) groups is 2. The SMILES string of the molecule is CC(C)(C)OC(=O)N(OCC1CNCCO1)C(=O)OC(C)(C)C. The Labute approximate surface area is 137 Å². The summed E-state index contributed by atoms with van der Waals surface area (Å²) in [5.74, 6) is 0. The Kier molecular flexibility index (Phi) is 6.79. The first-order valence-electron chi connectivity index (χ1n) is 7.69. The number of nitrogens with one attached hydrogen (secondary N) is 1. The number of rotatable bonds is 3. The maximum absolute atomic E-state index is 12.2. The molecule has 8 nitrogen and oxygen atoms in total. The van der Waals surface area contributed by atoms with Crippen molar-refractivity contribution in [1.82, 2.24) is 10.4 Å². The van der Waals surface area contributed by atoms with Crippen LogP contribution in [0.25, 0.3) is 0 Å². The Morgan fingerprint density at radius 3 is 2.00 bits per heavy atom. The van der Waals surface area contributed by atoms with Crippen LogP contribution in [0.15, 0.2) is 0 Å². The summed E-state index contributed by atoms with van der Waals surface area (Å²) in [6, 6.07) is 0. The molecule has 0 aromatic carbocycles. The summed E-state index contributed by atoms with van der Waals surface area (Å²) in [5.41, 5.74) is -1.52. The summed E-state index contributed by atoms with van der Waals surface area (Å²) < 4.78 is 15.8. The predicted octanol–water partition coefficient (Wildman–Crippen LogP) is 2.08. The van der Waals surface area contributed by atoms with Gasteiger partial charge in [-0.3, -0.25) is 4.84 Å². The zero-order valence-corrected chi connectivity index (χ0v) is 14.8. The summed E-state index contributed by atoms with van der Waals surface area (Å²) in [7, 11) is 0. The molecule has 0 aromatic heterocycles. The number of carbonyl (C=O) groups excluding carboxylic acids is 2. The van der Waals surface area contributed by atoms with Gasteiger partial charge < -0.3 is 19.5 Å². The molecule has 1 aliphatic rings. The van der Waals surface area contributed by atoms with Crippen LogP contribution in [0.4, 0.5) is 9.59 Å². The molecule has 0 spiro atoms. The van der Waals surface area contributed by atoms with E-state index in [9.17, 15) is 9.59 Å². The van der Waals surface area contributed by atoms with Crippen LogP contribution in [0.3, 0.4) is 0 Å². The molecule has 0 bridgehead atoms. The van der Waals surface area contributed by atoms with Gasteiger partial charge in [0.25, 0.3) is 0 Å². The van der Waals surface area contributed by atoms with Gasteiger partial charge in [0.05, 0.1) is 12.7 Å². The quantitative estimate of drug-likeness (QED) is 0.792. The van der Waals surface area contributed by atoms with Gasteiger partial charge in [-0.15, -0.1) is 0 Å².